The predicted molar refractivity (Wildman–Crippen MR) is 126 cm³/mol. The number of carboxylic acids is 1. The molecule has 2 N–H and O–H groups in total. The normalized spacial score (nSPS) is 20.4. The number of aryl methyl sites for hydroxylation is 1. The highest BCUT2D eigenvalue weighted by Gasteiger charge is 2.38. The minimum absolute atomic E-state index is 0.0513. The zero-order chi connectivity index (χ0) is 23.9. The van der Waals surface area contributed by atoms with E-state index in [1.165, 1.54) is 6.07 Å². The number of aromatic amines is 1. The fraction of sp³-hybridized carbons (Fsp3) is 0.308. The molecule has 0 unspecified atom stereocenters. The van der Waals surface area contributed by atoms with Gasteiger partial charge in [0.1, 0.15) is 23.3 Å². The molecule has 1 aliphatic rings. The summed E-state index contributed by atoms with van der Waals surface area (Å²) in [6.45, 7) is 3.68. The van der Waals surface area contributed by atoms with Gasteiger partial charge in [-0.15, -0.1) is 0 Å². The van der Waals surface area contributed by atoms with E-state index in [9.17, 15) is 14.3 Å². The van der Waals surface area contributed by atoms with Gasteiger partial charge in [-0.2, -0.15) is 0 Å². The van der Waals surface area contributed by atoms with Crippen molar-refractivity contribution in [3.8, 4) is 28.4 Å². The van der Waals surface area contributed by atoms with E-state index in [4.69, 9.17) is 4.74 Å². The van der Waals surface area contributed by atoms with Crippen LogP contribution in [0.5, 0.6) is 5.88 Å². The molecule has 0 bridgehead atoms. The number of fused-ring (bicyclic) bond motifs is 1. The molecular formula is C26H25FN4O3. The van der Waals surface area contributed by atoms with Crippen molar-refractivity contribution in [2.75, 3.05) is 0 Å². The number of nitrogens with zero attached hydrogens (tertiary/aromatic N) is 3. The number of hydrogen-bond donors (Lipinski definition) is 2. The van der Waals surface area contributed by atoms with Crippen LogP contribution >= 0.6 is 0 Å². The van der Waals surface area contributed by atoms with Crippen molar-refractivity contribution >= 4 is 17.1 Å². The summed E-state index contributed by atoms with van der Waals surface area (Å²) in [4.78, 5) is 27.7. The van der Waals surface area contributed by atoms with Crippen molar-refractivity contribution in [3.05, 3.63) is 60.2 Å². The Hall–Kier alpha value is -3.81. The first-order valence-corrected chi connectivity index (χ1v) is 11.3. The van der Waals surface area contributed by atoms with Gasteiger partial charge in [0.15, 0.2) is 5.65 Å². The van der Waals surface area contributed by atoms with Crippen molar-refractivity contribution in [2.45, 2.75) is 45.6 Å². The van der Waals surface area contributed by atoms with E-state index in [1.807, 2.05) is 31.2 Å². The predicted octanol–water partition coefficient (Wildman–Crippen LogP) is 5.55. The Morgan fingerprint density at radius 2 is 1.88 bits per heavy atom. The zero-order valence-electron chi connectivity index (χ0n) is 19.0. The summed E-state index contributed by atoms with van der Waals surface area (Å²) in [5.41, 5.74) is 3.34. The highest BCUT2D eigenvalue weighted by atomic mass is 19.1. The Bertz CT molecular complexity index is 1360. The lowest BCUT2D eigenvalue weighted by Crippen LogP contribution is -2.36. The smallest absolute Gasteiger partial charge is 0.309 e. The van der Waals surface area contributed by atoms with E-state index in [-0.39, 0.29) is 6.10 Å². The summed E-state index contributed by atoms with van der Waals surface area (Å²) >= 11 is 0. The van der Waals surface area contributed by atoms with Gasteiger partial charge in [0.05, 0.1) is 11.0 Å². The third-order valence-electron chi connectivity index (χ3n) is 6.62. The van der Waals surface area contributed by atoms with Crippen LogP contribution in [0, 0.1) is 18.2 Å². The lowest BCUT2D eigenvalue weighted by Gasteiger charge is -2.33. The second-order valence-corrected chi connectivity index (χ2v) is 9.17. The molecule has 34 heavy (non-hydrogen) atoms. The number of aromatic nitrogens is 4. The fourth-order valence-electron chi connectivity index (χ4n) is 4.36. The van der Waals surface area contributed by atoms with Crippen LogP contribution in [0.25, 0.3) is 33.7 Å². The van der Waals surface area contributed by atoms with Gasteiger partial charge >= 0.3 is 5.97 Å². The third-order valence-corrected chi connectivity index (χ3v) is 6.62. The maximum atomic E-state index is 15.0. The summed E-state index contributed by atoms with van der Waals surface area (Å²) in [6, 6.07) is 12.3. The molecule has 5 rings (SSSR count). The van der Waals surface area contributed by atoms with E-state index < -0.39 is 17.2 Å². The van der Waals surface area contributed by atoms with Crippen LogP contribution in [-0.4, -0.2) is 37.1 Å². The van der Waals surface area contributed by atoms with Gasteiger partial charge in [0.2, 0.25) is 5.88 Å². The number of carboxylic acid groups (broad SMARTS) is 1. The molecule has 0 saturated heterocycles. The average Bonchev–Trinajstić information content (AvgIpc) is 3.24. The lowest BCUT2D eigenvalue weighted by atomic mass is 9.75. The molecule has 4 aromatic rings. The molecule has 0 atom stereocenters. The van der Waals surface area contributed by atoms with E-state index in [0.717, 1.165) is 11.3 Å². The summed E-state index contributed by atoms with van der Waals surface area (Å²) in [7, 11) is 0. The molecule has 0 amide bonds. The van der Waals surface area contributed by atoms with Gasteiger partial charge in [0.25, 0.3) is 0 Å². The number of imidazole rings is 1. The minimum atomic E-state index is -0.751. The van der Waals surface area contributed by atoms with Crippen LogP contribution in [0.3, 0.4) is 0 Å². The number of nitrogens with one attached hydrogen (secondary N) is 1. The molecule has 174 valence electrons. The first kappa shape index (κ1) is 22.0. The van der Waals surface area contributed by atoms with Crippen molar-refractivity contribution in [3.63, 3.8) is 0 Å². The van der Waals surface area contributed by atoms with Gasteiger partial charge in [-0.3, -0.25) is 4.79 Å². The topological polar surface area (TPSA) is 101 Å². The number of aliphatic carboxylic acids is 1. The van der Waals surface area contributed by atoms with Gasteiger partial charge in [0, 0.05) is 23.5 Å². The second-order valence-electron chi connectivity index (χ2n) is 9.17. The van der Waals surface area contributed by atoms with Crippen LogP contribution in [-0.2, 0) is 4.79 Å². The summed E-state index contributed by atoms with van der Waals surface area (Å²) < 4.78 is 20.9. The SMILES string of the molecule is Cc1ccc2nc(-c3ccc(-c4ccc(O[C@H]5CC[C@](C)(C(=O)O)CC5)nc4)cc3F)[nH]c2n1. The van der Waals surface area contributed by atoms with Gasteiger partial charge in [-0.05, 0) is 75.4 Å². The average molecular weight is 461 g/mol. The third kappa shape index (κ3) is 4.23. The van der Waals surface area contributed by atoms with E-state index >= 15 is 0 Å². The summed E-state index contributed by atoms with van der Waals surface area (Å²) in [5, 5.41) is 9.37. The molecule has 7 nitrogen and oxygen atoms in total. The number of ether oxygens (including phenoxy) is 1. The van der Waals surface area contributed by atoms with Crippen molar-refractivity contribution in [1.29, 1.82) is 0 Å². The minimum Gasteiger partial charge on any atom is -0.481 e. The van der Waals surface area contributed by atoms with Gasteiger partial charge in [-0.1, -0.05) is 6.07 Å². The molecule has 0 aliphatic heterocycles. The first-order chi connectivity index (χ1) is 16.3. The van der Waals surface area contributed by atoms with Crippen molar-refractivity contribution in [2.24, 2.45) is 5.41 Å². The maximum absolute atomic E-state index is 15.0. The molecule has 0 spiro atoms. The van der Waals surface area contributed by atoms with Crippen LogP contribution in [0.2, 0.25) is 0 Å². The van der Waals surface area contributed by atoms with Crippen LogP contribution < -0.4 is 4.74 Å². The fourth-order valence-corrected chi connectivity index (χ4v) is 4.36. The molecule has 3 heterocycles. The van der Waals surface area contributed by atoms with Crippen LogP contribution in [0.15, 0.2) is 48.7 Å². The molecule has 1 saturated carbocycles. The van der Waals surface area contributed by atoms with Crippen molar-refractivity contribution < 1.29 is 19.0 Å². The summed E-state index contributed by atoms with van der Waals surface area (Å²) in [5.74, 6) is -0.226. The number of rotatable bonds is 5. The molecule has 0 radical (unpaired) electrons. The first-order valence-electron chi connectivity index (χ1n) is 11.3. The maximum Gasteiger partial charge on any atom is 0.309 e. The van der Waals surface area contributed by atoms with Gasteiger partial charge in [-0.25, -0.2) is 19.3 Å². The number of benzene rings is 1. The number of pyridine rings is 2. The quantitative estimate of drug-likeness (QED) is 0.405. The molecule has 8 heteroatoms. The highest BCUT2D eigenvalue weighted by Crippen LogP contribution is 2.37. The monoisotopic (exact) mass is 460 g/mol. The Balaban J connectivity index is 1.29. The number of halogens is 1. The Morgan fingerprint density at radius 1 is 1.12 bits per heavy atom. The largest absolute Gasteiger partial charge is 0.481 e. The molecule has 3 aromatic heterocycles. The number of carbonyl (C=O) groups is 1. The van der Waals surface area contributed by atoms with Crippen LogP contribution in [0.4, 0.5) is 4.39 Å². The molecule has 1 fully saturated rings. The number of hydrogen-bond acceptors (Lipinski definition) is 5. The lowest BCUT2D eigenvalue weighted by molar-refractivity contribution is -0.150. The Kier molecular flexibility index (Phi) is 5.51. The van der Waals surface area contributed by atoms with Gasteiger partial charge < -0.3 is 14.8 Å². The molecule has 1 aliphatic carbocycles. The van der Waals surface area contributed by atoms with E-state index in [2.05, 4.69) is 19.9 Å². The number of H-pyrrole nitrogens is 1. The van der Waals surface area contributed by atoms with Crippen LogP contribution in [0.1, 0.15) is 38.3 Å². The second kappa shape index (κ2) is 8.52. The van der Waals surface area contributed by atoms with E-state index in [0.29, 0.717) is 59.7 Å². The highest BCUT2D eigenvalue weighted by molar-refractivity contribution is 5.77. The zero-order valence-corrected chi connectivity index (χ0v) is 19.0. The molecule has 1 aromatic carbocycles. The summed E-state index contributed by atoms with van der Waals surface area (Å²) in [6.07, 6.45) is 4.12. The molecular weight excluding hydrogens is 435 g/mol. The van der Waals surface area contributed by atoms with Crippen molar-refractivity contribution in [1.82, 2.24) is 19.9 Å². The Labute approximate surface area is 196 Å². The Morgan fingerprint density at radius 3 is 2.56 bits per heavy atom. The van der Waals surface area contributed by atoms with E-state index in [1.54, 1.807) is 25.3 Å². The standard InChI is InChI=1S/C26H25FN4O3/c1-15-3-7-21-24(29-15)31-23(30-21)19-6-4-16(13-20(19)27)17-5-8-22(28-14-17)34-18-9-11-26(2,12-10-18)25(32)33/h3-8,13-14,18H,9-12H2,1-2H3,(H,32,33)(H,29,30,31)/t18-,26-.